The molecule has 0 unspecified atom stereocenters. The van der Waals surface area contributed by atoms with Crippen molar-refractivity contribution in [2.75, 3.05) is 35.2 Å². The minimum absolute atomic E-state index is 0.00269. The quantitative estimate of drug-likeness (QED) is 0.649. The largest absolute Gasteiger partial charge is 0.375 e. The molecule has 8 nitrogen and oxygen atoms in total. The molecule has 9 heteroatoms. The van der Waals surface area contributed by atoms with Crippen LogP contribution in [-0.4, -0.2) is 40.5 Å². The lowest BCUT2D eigenvalue weighted by atomic mass is 10.0. The summed E-state index contributed by atoms with van der Waals surface area (Å²) in [4.78, 5) is 25.7. The van der Waals surface area contributed by atoms with E-state index < -0.39 is 10.0 Å². The van der Waals surface area contributed by atoms with Crippen LogP contribution >= 0.6 is 0 Å². The maximum absolute atomic E-state index is 12.8. The maximum atomic E-state index is 12.8. The number of ether oxygens (including phenoxy) is 1. The fraction of sp³-hybridized carbons (Fsp3) is 0.364. The van der Waals surface area contributed by atoms with E-state index in [4.69, 9.17) is 4.74 Å². The molecule has 0 atom stereocenters. The van der Waals surface area contributed by atoms with Crippen molar-refractivity contribution in [2.45, 2.75) is 37.5 Å². The predicted molar refractivity (Wildman–Crippen MR) is 120 cm³/mol. The number of hydrogen-bond acceptors (Lipinski definition) is 5. The number of benzene rings is 2. The molecule has 0 radical (unpaired) electrons. The van der Waals surface area contributed by atoms with Crippen LogP contribution in [0.1, 0.15) is 31.7 Å². The van der Waals surface area contributed by atoms with Gasteiger partial charge in [0.15, 0.2) is 0 Å². The third-order valence-electron chi connectivity index (χ3n) is 4.94. The molecule has 1 heterocycles. The molecule has 1 aliphatic rings. The molecule has 0 saturated heterocycles. The first-order valence-corrected chi connectivity index (χ1v) is 11.7. The number of carbonyl (C=O) groups excluding carboxylic acids is 2. The van der Waals surface area contributed by atoms with Crippen LogP contribution in [0.15, 0.2) is 47.4 Å². The van der Waals surface area contributed by atoms with E-state index in [1.807, 2.05) is 6.92 Å². The summed E-state index contributed by atoms with van der Waals surface area (Å²) in [6.07, 6.45) is 2.70. The Labute approximate surface area is 182 Å². The normalized spacial score (nSPS) is 13.4. The average molecular weight is 446 g/mol. The molecule has 0 aliphatic carbocycles. The van der Waals surface area contributed by atoms with Gasteiger partial charge in [0, 0.05) is 37.1 Å². The number of nitrogens with one attached hydrogen (secondary N) is 2. The highest BCUT2D eigenvalue weighted by molar-refractivity contribution is 7.92. The third kappa shape index (κ3) is 5.62. The topological polar surface area (TPSA) is 105 Å². The summed E-state index contributed by atoms with van der Waals surface area (Å²) in [7, 11) is -2.32. The van der Waals surface area contributed by atoms with Crippen molar-refractivity contribution in [1.29, 1.82) is 0 Å². The van der Waals surface area contributed by atoms with Gasteiger partial charge in [-0.05, 0) is 67.3 Å². The number of amides is 2. The molecule has 3 rings (SSSR count). The Morgan fingerprint density at radius 1 is 1.10 bits per heavy atom. The van der Waals surface area contributed by atoms with Crippen LogP contribution in [0.3, 0.4) is 0 Å². The molecule has 31 heavy (non-hydrogen) atoms. The predicted octanol–water partition coefficient (Wildman–Crippen LogP) is 3.15. The summed E-state index contributed by atoms with van der Waals surface area (Å²) in [6.45, 7) is 2.53. The second kappa shape index (κ2) is 9.93. The molecular formula is C22H27N3O5S. The number of carbonyl (C=O) groups is 2. The number of anilines is 3. The Kier molecular flexibility index (Phi) is 7.29. The van der Waals surface area contributed by atoms with E-state index in [0.29, 0.717) is 24.3 Å². The first kappa shape index (κ1) is 22.8. The zero-order valence-electron chi connectivity index (χ0n) is 17.7. The van der Waals surface area contributed by atoms with Gasteiger partial charge in [0.2, 0.25) is 5.91 Å². The zero-order valence-corrected chi connectivity index (χ0v) is 18.5. The molecule has 2 aromatic carbocycles. The second-order valence-electron chi connectivity index (χ2n) is 7.35. The fourth-order valence-corrected chi connectivity index (χ4v) is 4.55. The molecule has 1 aliphatic heterocycles. The molecule has 0 bridgehead atoms. The molecule has 2 aromatic rings. The van der Waals surface area contributed by atoms with E-state index in [9.17, 15) is 18.0 Å². The zero-order chi connectivity index (χ0) is 22.4. The lowest BCUT2D eigenvalue weighted by Crippen LogP contribution is -2.37. The molecule has 2 N–H and O–H groups in total. The lowest BCUT2D eigenvalue weighted by Gasteiger charge is -2.29. The Balaban J connectivity index is 1.74. The van der Waals surface area contributed by atoms with Crippen molar-refractivity contribution < 1.29 is 22.7 Å². The van der Waals surface area contributed by atoms with Crippen LogP contribution in [-0.2, 0) is 30.8 Å². The van der Waals surface area contributed by atoms with Gasteiger partial charge >= 0.3 is 0 Å². The van der Waals surface area contributed by atoms with Crippen molar-refractivity contribution in [2.24, 2.45) is 0 Å². The lowest BCUT2D eigenvalue weighted by molar-refractivity contribution is -0.122. The fourth-order valence-electron chi connectivity index (χ4n) is 3.50. The highest BCUT2D eigenvalue weighted by Crippen LogP contribution is 2.30. The van der Waals surface area contributed by atoms with Crippen LogP contribution in [0.4, 0.5) is 17.1 Å². The number of fused-ring (bicyclic) bond motifs is 1. The Hall–Kier alpha value is -2.91. The van der Waals surface area contributed by atoms with E-state index in [1.165, 1.54) is 19.2 Å². The van der Waals surface area contributed by atoms with Gasteiger partial charge in [0.1, 0.15) is 6.61 Å². The minimum atomic E-state index is -3.80. The molecule has 166 valence electrons. The summed E-state index contributed by atoms with van der Waals surface area (Å²) in [6, 6.07) is 11.2. The van der Waals surface area contributed by atoms with Crippen LogP contribution in [0.25, 0.3) is 0 Å². The van der Waals surface area contributed by atoms with Gasteiger partial charge in [0.05, 0.1) is 4.90 Å². The minimum Gasteiger partial charge on any atom is -0.375 e. The van der Waals surface area contributed by atoms with E-state index >= 15 is 0 Å². The van der Waals surface area contributed by atoms with Gasteiger partial charge in [-0.25, -0.2) is 8.42 Å². The smallest absolute Gasteiger partial charge is 0.261 e. The second-order valence-corrected chi connectivity index (χ2v) is 9.04. The standard InChI is InChI=1S/C22H27N3O5S/c1-3-5-21(26)23-17-7-10-19(11-8-17)31(28,29)24-18-9-12-20-16(14-18)6-4-13-25(20)22(27)15-30-2/h7-12,14,24H,3-6,13,15H2,1-2H3,(H,23,26). The van der Waals surface area contributed by atoms with Gasteiger partial charge in [-0.3, -0.25) is 14.3 Å². The highest BCUT2D eigenvalue weighted by atomic mass is 32.2. The summed E-state index contributed by atoms with van der Waals surface area (Å²) in [5, 5.41) is 2.73. The number of methoxy groups -OCH3 is 1. The van der Waals surface area contributed by atoms with Crippen molar-refractivity contribution in [3.63, 3.8) is 0 Å². The van der Waals surface area contributed by atoms with Gasteiger partial charge < -0.3 is 15.0 Å². The molecule has 2 amide bonds. The number of aryl methyl sites for hydroxylation is 1. The van der Waals surface area contributed by atoms with Crippen LogP contribution in [0, 0.1) is 0 Å². The van der Waals surface area contributed by atoms with E-state index in [2.05, 4.69) is 10.0 Å². The third-order valence-corrected chi connectivity index (χ3v) is 6.34. The van der Waals surface area contributed by atoms with Crippen molar-refractivity contribution in [1.82, 2.24) is 0 Å². The number of rotatable bonds is 8. The monoisotopic (exact) mass is 445 g/mol. The van der Waals surface area contributed by atoms with Crippen molar-refractivity contribution >= 4 is 38.9 Å². The van der Waals surface area contributed by atoms with Crippen molar-refractivity contribution in [3.8, 4) is 0 Å². The summed E-state index contributed by atoms with van der Waals surface area (Å²) < 4.78 is 33.1. The van der Waals surface area contributed by atoms with Crippen molar-refractivity contribution in [3.05, 3.63) is 48.0 Å². The Morgan fingerprint density at radius 3 is 2.48 bits per heavy atom. The molecular weight excluding hydrogens is 418 g/mol. The first-order chi connectivity index (χ1) is 14.8. The van der Waals surface area contributed by atoms with E-state index in [0.717, 1.165) is 30.5 Å². The molecule has 0 spiro atoms. The van der Waals surface area contributed by atoms with Gasteiger partial charge in [-0.15, -0.1) is 0 Å². The summed E-state index contributed by atoms with van der Waals surface area (Å²) >= 11 is 0. The average Bonchev–Trinajstić information content (AvgIpc) is 2.73. The number of hydrogen-bond donors (Lipinski definition) is 2. The molecule has 0 saturated carbocycles. The van der Waals surface area contributed by atoms with Crippen LogP contribution in [0.2, 0.25) is 0 Å². The molecule has 0 fully saturated rings. The SMILES string of the molecule is CCCC(=O)Nc1ccc(S(=O)(=O)Nc2ccc3c(c2)CCCN3C(=O)COC)cc1. The van der Waals surface area contributed by atoms with Gasteiger partial charge in [-0.2, -0.15) is 0 Å². The summed E-state index contributed by atoms with van der Waals surface area (Å²) in [5.41, 5.74) is 2.67. The Bertz CT molecular complexity index is 1050. The molecule has 0 aromatic heterocycles. The summed E-state index contributed by atoms with van der Waals surface area (Å²) in [5.74, 6) is -0.230. The van der Waals surface area contributed by atoms with Gasteiger partial charge in [-0.1, -0.05) is 6.92 Å². The first-order valence-electron chi connectivity index (χ1n) is 10.2. The van der Waals surface area contributed by atoms with Crippen LogP contribution < -0.4 is 14.9 Å². The number of nitrogens with zero attached hydrogens (tertiary/aromatic N) is 1. The van der Waals surface area contributed by atoms with Gasteiger partial charge in [0.25, 0.3) is 15.9 Å². The maximum Gasteiger partial charge on any atom is 0.261 e. The number of sulfonamides is 1. The highest BCUT2D eigenvalue weighted by Gasteiger charge is 2.23. The van der Waals surface area contributed by atoms with Crippen LogP contribution in [0.5, 0.6) is 0 Å². The van der Waals surface area contributed by atoms with E-state index in [-0.39, 0.29) is 23.3 Å². The Morgan fingerprint density at radius 2 is 1.81 bits per heavy atom. The van der Waals surface area contributed by atoms with E-state index in [1.54, 1.807) is 35.2 Å².